The lowest BCUT2D eigenvalue weighted by Crippen LogP contribution is -1.89. The number of rotatable bonds is 3. The van der Waals surface area contributed by atoms with E-state index < -0.39 is 0 Å². The summed E-state index contributed by atoms with van der Waals surface area (Å²) in [7, 11) is 0. The van der Waals surface area contributed by atoms with Crippen molar-refractivity contribution in [3.05, 3.63) is 79.3 Å². The zero-order valence-electron chi connectivity index (χ0n) is 16.2. The molecule has 5 heterocycles. The molecule has 6 aromatic rings. The predicted octanol–water partition coefficient (Wildman–Crippen LogP) is 4.66. The monoisotopic (exact) mass is 391 g/mol. The molecule has 0 atom stereocenters. The Bertz CT molecular complexity index is 1510. The van der Waals surface area contributed by atoms with Crippen molar-refractivity contribution < 1.29 is 0 Å². The van der Waals surface area contributed by atoms with Crippen molar-refractivity contribution in [2.24, 2.45) is 0 Å². The van der Waals surface area contributed by atoms with Crippen molar-refractivity contribution in [3.8, 4) is 28.3 Å². The van der Waals surface area contributed by atoms with Gasteiger partial charge in [-0.1, -0.05) is 6.07 Å². The number of aryl methyl sites for hydroxylation is 1. The van der Waals surface area contributed by atoms with E-state index >= 15 is 0 Å². The lowest BCUT2D eigenvalue weighted by Gasteiger charge is -2.03. The molecule has 0 unspecified atom stereocenters. The van der Waals surface area contributed by atoms with Crippen LogP contribution in [-0.2, 0) is 0 Å². The van der Waals surface area contributed by atoms with Crippen LogP contribution in [0.15, 0.2) is 73.6 Å². The number of hydrogen-bond donors (Lipinski definition) is 2. The summed E-state index contributed by atoms with van der Waals surface area (Å²) >= 11 is 0. The van der Waals surface area contributed by atoms with Gasteiger partial charge in [0.1, 0.15) is 5.69 Å². The summed E-state index contributed by atoms with van der Waals surface area (Å²) in [6.07, 6.45) is 9.23. The molecule has 144 valence electrons. The molecule has 0 aliphatic heterocycles. The van der Waals surface area contributed by atoms with Crippen LogP contribution in [0.5, 0.6) is 0 Å². The maximum absolute atomic E-state index is 4.57. The Hall–Kier alpha value is -4.26. The molecule has 7 nitrogen and oxygen atoms in total. The number of hydrogen-bond acceptors (Lipinski definition) is 4. The number of benzene rings is 1. The molecule has 0 radical (unpaired) electrons. The van der Waals surface area contributed by atoms with Crippen LogP contribution in [0.25, 0.3) is 50.1 Å². The van der Waals surface area contributed by atoms with Gasteiger partial charge in [-0.2, -0.15) is 5.10 Å². The van der Waals surface area contributed by atoms with E-state index in [1.54, 1.807) is 12.4 Å². The summed E-state index contributed by atoms with van der Waals surface area (Å²) in [5.74, 6) is 0. The molecule has 0 amide bonds. The van der Waals surface area contributed by atoms with Crippen LogP contribution in [0, 0.1) is 6.92 Å². The Morgan fingerprint density at radius 2 is 1.83 bits per heavy atom. The smallest absolute Gasteiger partial charge is 0.116 e. The highest BCUT2D eigenvalue weighted by atomic mass is 15.1. The van der Waals surface area contributed by atoms with E-state index in [2.05, 4.69) is 54.4 Å². The van der Waals surface area contributed by atoms with Crippen LogP contribution in [0.4, 0.5) is 0 Å². The van der Waals surface area contributed by atoms with E-state index in [1.165, 1.54) is 0 Å². The molecule has 7 heteroatoms. The molecule has 5 aromatic heterocycles. The Labute approximate surface area is 171 Å². The van der Waals surface area contributed by atoms with Gasteiger partial charge in [-0.3, -0.25) is 15.1 Å². The topological polar surface area (TPSA) is 88.1 Å². The summed E-state index contributed by atoms with van der Waals surface area (Å²) < 4.78 is 2.05. The number of fused-ring (bicyclic) bond motifs is 2. The standard InChI is InChI=1S/C23H17N7/c1-14-12-30(13-26-14)22-4-2-3-18-16(22)9-20(27-18)23-17-10-19(15-5-7-24-8-6-15)25-11-21(17)28-29-23/h2-13,27H,1H3,(H,28,29). The van der Waals surface area contributed by atoms with E-state index in [1.807, 2.05) is 48.4 Å². The number of nitrogens with one attached hydrogen (secondary N) is 2. The average Bonchev–Trinajstić information content (AvgIpc) is 3.51. The molecule has 0 aliphatic rings. The maximum Gasteiger partial charge on any atom is 0.116 e. The average molecular weight is 391 g/mol. The van der Waals surface area contributed by atoms with Crippen LogP contribution in [0.1, 0.15) is 5.69 Å². The van der Waals surface area contributed by atoms with E-state index in [-0.39, 0.29) is 0 Å². The second kappa shape index (κ2) is 6.38. The third kappa shape index (κ3) is 2.60. The van der Waals surface area contributed by atoms with Gasteiger partial charge in [0.05, 0.1) is 40.8 Å². The maximum atomic E-state index is 4.57. The minimum Gasteiger partial charge on any atom is -0.353 e. The SMILES string of the molecule is Cc1cn(-c2cccc3[nH]c(-c4n[nH]c5cnc(-c6ccncc6)cc45)cc23)cn1. The van der Waals surface area contributed by atoms with Crippen molar-refractivity contribution >= 4 is 21.8 Å². The molecule has 6 rings (SSSR count). The van der Waals surface area contributed by atoms with Gasteiger partial charge >= 0.3 is 0 Å². The highest BCUT2D eigenvalue weighted by molar-refractivity contribution is 5.98. The number of pyridine rings is 2. The Balaban J connectivity index is 1.52. The van der Waals surface area contributed by atoms with Crippen LogP contribution >= 0.6 is 0 Å². The molecule has 0 saturated carbocycles. The summed E-state index contributed by atoms with van der Waals surface area (Å²) in [5, 5.41) is 9.81. The van der Waals surface area contributed by atoms with Crippen molar-refractivity contribution in [3.63, 3.8) is 0 Å². The first-order valence-electron chi connectivity index (χ1n) is 9.64. The van der Waals surface area contributed by atoms with Gasteiger partial charge in [-0.05, 0) is 43.3 Å². The van der Waals surface area contributed by atoms with Gasteiger partial charge in [0.25, 0.3) is 0 Å². The molecule has 0 bridgehead atoms. The van der Waals surface area contributed by atoms with E-state index in [9.17, 15) is 0 Å². The Kier molecular flexibility index (Phi) is 3.55. The summed E-state index contributed by atoms with van der Waals surface area (Å²) in [6, 6.07) is 14.3. The highest BCUT2D eigenvalue weighted by Crippen LogP contribution is 2.32. The van der Waals surface area contributed by atoms with Crippen molar-refractivity contribution in [1.82, 2.24) is 34.7 Å². The Morgan fingerprint density at radius 1 is 0.933 bits per heavy atom. The predicted molar refractivity (Wildman–Crippen MR) is 116 cm³/mol. The Morgan fingerprint density at radius 3 is 2.67 bits per heavy atom. The van der Waals surface area contributed by atoms with Crippen LogP contribution < -0.4 is 0 Å². The van der Waals surface area contributed by atoms with Crippen LogP contribution in [0.2, 0.25) is 0 Å². The van der Waals surface area contributed by atoms with Crippen molar-refractivity contribution in [2.75, 3.05) is 0 Å². The number of nitrogens with zero attached hydrogens (tertiary/aromatic N) is 5. The zero-order valence-corrected chi connectivity index (χ0v) is 16.2. The van der Waals surface area contributed by atoms with E-state index in [0.29, 0.717) is 0 Å². The second-order valence-corrected chi connectivity index (χ2v) is 7.27. The number of imidazole rings is 1. The normalized spacial score (nSPS) is 11.5. The minimum atomic E-state index is 0.867. The molecule has 0 spiro atoms. The zero-order chi connectivity index (χ0) is 20.1. The first kappa shape index (κ1) is 16.7. The van der Waals surface area contributed by atoms with Gasteiger partial charge in [0.2, 0.25) is 0 Å². The summed E-state index contributed by atoms with van der Waals surface area (Å²) in [6.45, 7) is 1.99. The van der Waals surface area contributed by atoms with Crippen molar-refractivity contribution in [1.29, 1.82) is 0 Å². The first-order valence-corrected chi connectivity index (χ1v) is 9.64. The van der Waals surface area contributed by atoms with Crippen LogP contribution in [-0.4, -0.2) is 34.7 Å². The fourth-order valence-corrected chi connectivity index (χ4v) is 3.85. The first-order chi connectivity index (χ1) is 14.8. The van der Waals surface area contributed by atoms with Gasteiger partial charge in [-0.25, -0.2) is 4.98 Å². The molecule has 30 heavy (non-hydrogen) atoms. The third-order valence-electron chi connectivity index (χ3n) is 5.31. The largest absolute Gasteiger partial charge is 0.353 e. The van der Waals surface area contributed by atoms with E-state index in [0.717, 1.165) is 55.8 Å². The minimum absolute atomic E-state index is 0.867. The lowest BCUT2D eigenvalue weighted by molar-refractivity contribution is 1.07. The number of H-pyrrole nitrogens is 2. The van der Waals surface area contributed by atoms with E-state index in [4.69, 9.17) is 0 Å². The third-order valence-corrected chi connectivity index (χ3v) is 5.31. The van der Waals surface area contributed by atoms with Gasteiger partial charge < -0.3 is 9.55 Å². The molecular weight excluding hydrogens is 374 g/mol. The number of aromatic nitrogens is 7. The molecular formula is C23H17N7. The quantitative estimate of drug-likeness (QED) is 0.459. The number of aromatic amines is 2. The lowest BCUT2D eigenvalue weighted by atomic mass is 10.1. The van der Waals surface area contributed by atoms with Crippen LogP contribution in [0.3, 0.4) is 0 Å². The van der Waals surface area contributed by atoms with Crippen molar-refractivity contribution in [2.45, 2.75) is 6.92 Å². The second-order valence-electron chi connectivity index (χ2n) is 7.27. The van der Waals surface area contributed by atoms with Gasteiger partial charge in [0, 0.05) is 40.4 Å². The fourth-order valence-electron chi connectivity index (χ4n) is 3.85. The molecule has 2 N–H and O–H groups in total. The molecule has 0 fully saturated rings. The summed E-state index contributed by atoms with van der Waals surface area (Å²) in [4.78, 5) is 16.5. The summed E-state index contributed by atoms with van der Waals surface area (Å²) in [5.41, 5.74) is 7.73. The molecule has 1 aromatic carbocycles. The highest BCUT2D eigenvalue weighted by Gasteiger charge is 2.14. The molecule has 0 saturated heterocycles. The van der Waals surface area contributed by atoms with Gasteiger partial charge in [0.15, 0.2) is 0 Å². The fraction of sp³-hybridized carbons (Fsp3) is 0.0435. The van der Waals surface area contributed by atoms with Gasteiger partial charge in [-0.15, -0.1) is 0 Å². The molecule has 0 aliphatic carbocycles.